The van der Waals surface area contributed by atoms with E-state index in [9.17, 15) is 14.9 Å². The van der Waals surface area contributed by atoms with Gasteiger partial charge < -0.3 is 9.52 Å². The number of furan rings is 1. The van der Waals surface area contributed by atoms with Gasteiger partial charge >= 0.3 is 5.97 Å². The van der Waals surface area contributed by atoms with Gasteiger partial charge in [-0.25, -0.2) is 4.79 Å². The molecule has 1 N–H and O–H groups in total. The molecule has 0 unspecified atom stereocenters. The number of carboxylic acids is 1. The Balaban J connectivity index is 2.30. The first kappa shape index (κ1) is 12.6. The van der Waals surface area contributed by atoms with Crippen LogP contribution in [-0.4, -0.2) is 16.0 Å². The zero-order valence-corrected chi connectivity index (χ0v) is 9.65. The van der Waals surface area contributed by atoms with Gasteiger partial charge in [0.25, 0.3) is 0 Å². The summed E-state index contributed by atoms with van der Waals surface area (Å²) in [6.45, 7) is 0. The lowest BCUT2D eigenvalue weighted by molar-refractivity contribution is -0.401. The van der Waals surface area contributed by atoms with Crippen LogP contribution >= 0.6 is 0 Å². The summed E-state index contributed by atoms with van der Waals surface area (Å²) in [5.74, 6) is -0.250. The Morgan fingerprint density at radius 1 is 1.32 bits per heavy atom. The van der Waals surface area contributed by atoms with Crippen molar-refractivity contribution in [3.63, 3.8) is 0 Å². The van der Waals surface area contributed by atoms with Crippen LogP contribution in [0.4, 0.5) is 0 Å². The van der Waals surface area contributed by atoms with Gasteiger partial charge in [-0.2, -0.15) is 0 Å². The zero-order chi connectivity index (χ0) is 13.8. The van der Waals surface area contributed by atoms with Crippen LogP contribution in [0.3, 0.4) is 0 Å². The van der Waals surface area contributed by atoms with Crippen molar-refractivity contribution in [2.24, 2.45) is 0 Å². The van der Waals surface area contributed by atoms with Crippen molar-refractivity contribution < 1.29 is 19.2 Å². The number of hydrogen-bond acceptors (Lipinski definition) is 4. The van der Waals surface area contributed by atoms with Crippen LogP contribution in [0.15, 0.2) is 47.0 Å². The molecule has 0 radical (unpaired) electrons. The Morgan fingerprint density at radius 3 is 2.79 bits per heavy atom. The van der Waals surface area contributed by atoms with E-state index in [-0.39, 0.29) is 5.56 Å². The van der Waals surface area contributed by atoms with Gasteiger partial charge in [0.15, 0.2) is 0 Å². The van der Waals surface area contributed by atoms with E-state index in [1.807, 2.05) is 0 Å². The van der Waals surface area contributed by atoms with Gasteiger partial charge in [0.1, 0.15) is 11.5 Å². The fourth-order valence-corrected chi connectivity index (χ4v) is 1.54. The van der Waals surface area contributed by atoms with E-state index in [0.717, 1.165) is 6.20 Å². The monoisotopic (exact) mass is 259 g/mol. The van der Waals surface area contributed by atoms with Crippen molar-refractivity contribution in [3.05, 3.63) is 64.0 Å². The second-order valence-electron chi connectivity index (χ2n) is 3.69. The molecule has 96 valence electrons. The first-order chi connectivity index (χ1) is 9.06. The molecule has 0 saturated heterocycles. The first-order valence-electron chi connectivity index (χ1n) is 5.31. The molecular formula is C13H9NO5. The summed E-state index contributed by atoms with van der Waals surface area (Å²) in [6.07, 6.45) is 2.00. The van der Waals surface area contributed by atoms with Crippen LogP contribution in [0.2, 0.25) is 0 Å². The lowest BCUT2D eigenvalue weighted by Gasteiger charge is -1.98. The quantitative estimate of drug-likeness (QED) is 0.673. The molecule has 0 aliphatic rings. The second-order valence-corrected chi connectivity index (χ2v) is 3.69. The van der Waals surface area contributed by atoms with Crippen molar-refractivity contribution in [1.82, 2.24) is 0 Å². The van der Waals surface area contributed by atoms with Gasteiger partial charge in [-0.05, 0) is 24.3 Å². The fourth-order valence-electron chi connectivity index (χ4n) is 1.54. The third-order valence-corrected chi connectivity index (χ3v) is 2.38. The van der Waals surface area contributed by atoms with E-state index in [1.165, 1.54) is 18.2 Å². The lowest BCUT2D eigenvalue weighted by atomic mass is 10.1. The lowest BCUT2D eigenvalue weighted by Crippen LogP contribution is -1.95. The molecular weight excluding hydrogens is 250 g/mol. The van der Waals surface area contributed by atoms with E-state index in [2.05, 4.69) is 0 Å². The molecule has 0 bridgehead atoms. The first-order valence-corrected chi connectivity index (χ1v) is 5.31. The maximum absolute atomic E-state index is 10.9. The maximum Gasteiger partial charge on any atom is 0.335 e. The van der Waals surface area contributed by atoms with Crippen molar-refractivity contribution >= 4 is 12.0 Å². The van der Waals surface area contributed by atoms with Gasteiger partial charge in [-0.1, -0.05) is 12.1 Å². The normalized spacial score (nSPS) is 10.7. The summed E-state index contributed by atoms with van der Waals surface area (Å²) in [4.78, 5) is 20.4. The molecule has 0 aliphatic carbocycles. The zero-order valence-electron chi connectivity index (χ0n) is 9.65. The third-order valence-electron chi connectivity index (χ3n) is 2.38. The van der Waals surface area contributed by atoms with E-state index < -0.39 is 10.9 Å². The maximum atomic E-state index is 10.9. The Labute approximate surface area is 107 Å². The highest BCUT2D eigenvalue weighted by Gasteiger charge is 2.07. The summed E-state index contributed by atoms with van der Waals surface area (Å²) in [5.41, 5.74) is 0.747. The number of aromatic carboxylic acids is 1. The Morgan fingerprint density at radius 2 is 2.11 bits per heavy atom. The van der Waals surface area contributed by atoms with Crippen molar-refractivity contribution in [2.75, 3.05) is 0 Å². The number of rotatable bonds is 4. The summed E-state index contributed by atoms with van der Waals surface area (Å²) in [6, 6.07) is 9.45. The Bertz CT molecular complexity index is 657. The molecule has 0 amide bonds. The third kappa shape index (κ3) is 3.06. The molecule has 1 heterocycles. The molecule has 6 nitrogen and oxygen atoms in total. The standard InChI is InChI=1S/C13H9NO5/c15-13(16)10-3-1-2-9(8-10)12-5-4-11(19-12)6-7-14(17)18/h1-8H,(H,15,16)/b7-6-. The van der Waals surface area contributed by atoms with Gasteiger partial charge in [-0.3, -0.25) is 10.1 Å². The molecule has 0 saturated carbocycles. The minimum Gasteiger partial charge on any atom is -0.478 e. The number of carboxylic acid groups (broad SMARTS) is 1. The van der Waals surface area contributed by atoms with E-state index in [0.29, 0.717) is 17.1 Å². The topological polar surface area (TPSA) is 93.6 Å². The fraction of sp³-hybridized carbons (Fsp3) is 0. The number of hydrogen-bond donors (Lipinski definition) is 1. The SMILES string of the molecule is O=C(O)c1cccc(-c2ccc(/C=C\[N+](=O)[O-])o2)c1. The number of carbonyl (C=O) groups is 1. The highest BCUT2D eigenvalue weighted by Crippen LogP contribution is 2.23. The smallest absolute Gasteiger partial charge is 0.335 e. The predicted molar refractivity (Wildman–Crippen MR) is 67.1 cm³/mol. The highest BCUT2D eigenvalue weighted by atomic mass is 16.6. The molecule has 19 heavy (non-hydrogen) atoms. The Kier molecular flexibility index (Phi) is 3.42. The van der Waals surface area contributed by atoms with Crippen LogP contribution in [0.25, 0.3) is 17.4 Å². The molecule has 0 aliphatic heterocycles. The molecule has 1 aromatic carbocycles. The summed E-state index contributed by atoms with van der Waals surface area (Å²) in [5, 5.41) is 19.1. The molecule has 0 spiro atoms. The highest BCUT2D eigenvalue weighted by molar-refractivity contribution is 5.89. The average molecular weight is 259 g/mol. The largest absolute Gasteiger partial charge is 0.478 e. The van der Waals surface area contributed by atoms with Gasteiger partial charge in [-0.15, -0.1) is 0 Å². The molecule has 2 rings (SSSR count). The molecule has 2 aromatic rings. The second kappa shape index (κ2) is 5.18. The van der Waals surface area contributed by atoms with Gasteiger partial charge in [0, 0.05) is 5.56 Å². The van der Waals surface area contributed by atoms with Gasteiger partial charge in [0.05, 0.1) is 16.6 Å². The summed E-state index contributed by atoms with van der Waals surface area (Å²) >= 11 is 0. The average Bonchev–Trinajstić information content (AvgIpc) is 2.85. The van der Waals surface area contributed by atoms with Crippen molar-refractivity contribution in [1.29, 1.82) is 0 Å². The number of benzene rings is 1. The minimum atomic E-state index is -1.03. The van der Waals surface area contributed by atoms with Crippen molar-refractivity contribution in [3.8, 4) is 11.3 Å². The Hall–Kier alpha value is -2.89. The van der Waals surface area contributed by atoms with Crippen LogP contribution in [0.5, 0.6) is 0 Å². The summed E-state index contributed by atoms with van der Waals surface area (Å²) < 4.78 is 5.37. The molecule has 6 heteroatoms. The molecule has 0 fully saturated rings. The van der Waals surface area contributed by atoms with Crippen LogP contribution in [0.1, 0.15) is 16.1 Å². The predicted octanol–water partition coefficient (Wildman–Crippen LogP) is 2.89. The molecule has 0 atom stereocenters. The number of nitro groups is 1. The van der Waals surface area contributed by atoms with Gasteiger partial charge in [0.2, 0.25) is 6.20 Å². The minimum absolute atomic E-state index is 0.149. The van der Waals surface area contributed by atoms with Crippen LogP contribution in [0, 0.1) is 10.1 Å². The van der Waals surface area contributed by atoms with E-state index in [4.69, 9.17) is 9.52 Å². The van der Waals surface area contributed by atoms with E-state index in [1.54, 1.807) is 24.3 Å². The van der Waals surface area contributed by atoms with Crippen LogP contribution in [-0.2, 0) is 0 Å². The van der Waals surface area contributed by atoms with Crippen LogP contribution < -0.4 is 0 Å². The number of nitrogens with zero attached hydrogens (tertiary/aromatic N) is 1. The van der Waals surface area contributed by atoms with E-state index >= 15 is 0 Å². The summed E-state index contributed by atoms with van der Waals surface area (Å²) in [7, 11) is 0. The van der Waals surface area contributed by atoms with Crippen molar-refractivity contribution in [2.45, 2.75) is 0 Å². The molecule has 1 aromatic heterocycles.